The fourth-order valence-corrected chi connectivity index (χ4v) is 1.49. The van der Waals surface area contributed by atoms with E-state index in [1.165, 1.54) is 6.20 Å². The first-order valence-corrected chi connectivity index (χ1v) is 5.59. The number of nitrogens with two attached hydrogens (primary N) is 1. The standard InChI is InChI=1S/C12H13N5O/c1-2-5-17-8-10(7-16-17)18-12-11(14)9(6-13)3-4-15-12/h3-4,7-8H,2,5,14H2,1H3. The van der Waals surface area contributed by atoms with Crippen molar-refractivity contribution >= 4 is 5.69 Å². The van der Waals surface area contributed by atoms with Crippen molar-refractivity contribution in [1.29, 1.82) is 5.26 Å². The summed E-state index contributed by atoms with van der Waals surface area (Å²) in [6.45, 7) is 2.89. The summed E-state index contributed by atoms with van der Waals surface area (Å²) in [5.74, 6) is 0.780. The van der Waals surface area contributed by atoms with Crippen molar-refractivity contribution in [2.24, 2.45) is 0 Å². The van der Waals surface area contributed by atoms with Crippen molar-refractivity contribution in [3.8, 4) is 17.7 Å². The summed E-state index contributed by atoms with van der Waals surface area (Å²) in [4.78, 5) is 4.00. The van der Waals surface area contributed by atoms with E-state index in [1.54, 1.807) is 23.1 Å². The molecule has 0 aliphatic rings. The fraction of sp³-hybridized carbons (Fsp3) is 0.250. The summed E-state index contributed by atoms with van der Waals surface area (Å²) in [6.07, 6.45) is 5.84. The Morgan fingerprint density at radius 1 is 1.56 bits per heavy atom. The van der Waals surface area contributed by atoms with Gasteiger partial charge in [-0.2, -0.15) is 10.4 Å². The lowest BCUT2D eigenvalue weighted by Gasteiger charge is -2.05. The van der Waals surface area contributed by atoms with Crippen LogP contribution in [0.25, 0.3) is 0 Å². The van der Waals surface area contributed by atoms with Gasteiger partial charge in [0, 0.05) is 12.7 Å². The molecule has 0 saturated heterocycles. The maximum atomic E-state index is 8.85. The molecule has 0 atom stereocenters. The van der Waals surface area contributed by atoms with Gasteiger partial charge in [0.1, 0.15) is 11.8 Å². The quantitative estimate of drug-likeness (QED) is 0.886. The molecule has 0 aliphatic carbocycles. The fourth-order valence-electron chi connectivity index (χ4n) is 1.49. The molecule has 0 aliphatic heterocycles. The molecule has 0 bridgehead atoms. The van der Waals surface area contributed by atoms with Crippen molar-refractivity contribution in [3.05, 3.63) is 30.2 Å². The third-order valence-corrected chi connectivity index (χ3v) is 2.35. The molecule has 0 aromatic carbocycles. The Bertz CT molecular complexity index is 584. The van der Waals surface area contributed by atoms with E-state index < -0.39 is 0 Å². The Hall–Kier alpha value is -2.55. The minimum Gasteiger partial charge on any atom is -0.434 e. The van der Waals surface area contributed by atoms with Crippen LogP contribution in [0.2, 0.25) is 0 Å². The van der Waals surface area contributed by atoms with Crippen molar-refractivity contribution < 1.29 is 4.74 Å². The van der Waals surface area contributed by atoms with Crippen LogP contribution in [0.1, 0.15) is 18.9 Å². The molecule has 0 saturated carbocycles. The Balaban J connectivity index is 2.21. The van der Waals surface area contributed by atoms with Gasteiger partial charge in [-0.05, 0) is 12.5 Å². The first kappa shape index (κ1) is 11.9. The van der Waals surface area contributed by atoms with Crippen molar-refractivity contribution in [1.82, 2.24) is 14.8 Å². The maximum Gasteiger partial charge on any atom is 0.244 e. The van der Waals surface area contributed by atoms with Gasteiger partial charge < -0.3 is 10.5 Å². The molecule has 6 nitrogen and oxygen atoms in total. The summed E-state index contributed by atoms with van der Waals surface area (Å²) in [5, 5.41) is 13.0. The number of ether oxygens (including phenoxy) is 1. The minimum atomic E-state index is 0.227. The van der Waals surface area contributed by atoms with E-state index >= 15 is 0 Å². The van der Waals surface area contributed by atoms with E-state index in [0.717, 1.165) is 13.0 Å². The highest BCUT2D eigenvalue weighted by atomic mass is 16.5. The average Bonchev–Trinajstić information content (AvgIpc) is 2.80. The molecule has 18 heavy (non-hydrogen) atoms. The molecule has 0 amide bonds. The van der Waals surface area contributed by atoms with Gasteiger partial charge in [0.2, 0.25) is 5.88 Å². The number of hydrogen-bond donors (Lipinski definition) is 1. The first-order valence-electron chi connectivity index (χ1n) is 5.59. The van der Waals surface area contributed by atoms with Crippen LogP contribution in [0.5, 0.6) is 11.6 Å². The van der Waals surface area contributed by atoms with Gasteiger partial charge in [-0.25, -0.2) is 4.98 Å². The molecule has 2 heterocycles. The zero-order valence-corrected chi connectivity index (χ0v) is 10.00. The molecule has 92 valence electrons. The lowest BCUT2D eigenvalue weighted by atomic mass is 10.2. The van der Waals surface area contributed by atoms with Crippen LogP contribution in [0, 0.1) is 11.3 Å². The molecule has 6 heteroatoms. The number of nitrogen functional groups attached to an aromatic ring is 1. The van der Waals surface area contributed by atoms with E-state index in [9.17, 15) is 0 Å². The number of nitrogens with zero attached hydrogens (tertiary/aromatic N) is 4. The largest absolute Gasteiger partial charge is 0.434 e. The number of aromatic nitrogens is 3. The number of nitriles is 1. The first-order chi connectivity index (χ1) is 8.74. The van der Waals surface area contributed by atoms with Crippen LogP contribution in [0.4, 0.5) is 5.69 Å². The second-order valence-electron chi connectivity index (χ2n) is 3.73. The average molecular weight is 243 g/mol. The van der Waals surface area contributed by atoms with Gasteiger partial charge in [-0.15, -0.1) is 0 Å². The summed E-state index contributed by atoms with van der Waals surface area (Å²) in [7, 11) is 0. The monoisotopic (exact) mass is 243 g/mol. The van der Waals surface area contributed by atoms with Crippen LogP contribution in [0.3, 0.4) is 0 Å². The highest BCUT2D eigenvalue weighted by Gasteiger charge is 2.09. The van der Waals surface area contributed by atoms with Gasteiger partial charge in [0.15, 0.2) is 5.75 Å². The smallest absolute Gasteiger partial charge is 0.244 e. The zero-order valence-electron chi connectivity index (χ0n) is 10.00. The molecule has 2 rings (SSSR count). The third kappa shape index (κ3) is 2.40. The van der Waals surface area contributed by atoms with Gasteiger partial charge >= 0.3 is 0 Å². The Kier molecular flexibility index (Phi) is 3.44. The lowest BCUT2D eigenvalue weighted by Crippen LogP contribution is -1.98. The van der Waals surface area contributed by atoms with E-state index in [1.807, 2.05) is 6.07 Å². The second kappa shape index (κ2) is 5.19. The second-order valence-corrected chi connectivity index (χ2v) is 3.73. The summed E-state index contributed by atoms with van der Waals surface area (Å²) < 4.78 is 7.29. The van der Waals surface area contributed by atoms with E-state index in [0.29, 0.717) is 11.3 Å². The highest BCUT2D eigenvalue weighted by molar-refractivity contribution is 5.60. The Morgan fingerprint density at radius 3 is 3.11 bits per heavy atom. The number of anilines is 1. The Labute approximate surface area is 105 Å². The van der Waals surface area contributed by atoms with E-state index in [-0.39, 0.29) is 11.6 Å². The summed E-state index contributed by atoms with van der Waals surface area (Å²) in [6, 6.07) is 3.53. The number of aryl methyl sites for hydroxylation is 1. The van der Waals surface area contributed by atoms with Crippen LogP contribution in [0.15, 0.2) is 24.7 Å². The van der Waals surface area contributed by atoms with Crippen LogP contribution < -0.4 is 10.5 Å². The molecular formula is C12H13N5O. The van der Waals surface area contributed by atoms with Crippen molar-refractivity contribution in [2.75, 3.05) is 5.73 Å². The predicted molar refractivity (Wildman–Crippen MR) is 66.0 cm³/mol. The molecule has 2 aromatic heterocycles. The summed E-state index contributed by atoms with van der Waals surface area (Å²) in [5.41, 5.74) is 6.36. The van der Waals surface area contributed by atoms with E-state index in [4.69, 9.17) is 15.7 Å². The number of rotatable bonds is 4. The van der Waals surface area contributed by atoms with Gasteiger partial charge in [-0.3, -0.25) is 4.68 Å². The molecule has 0 fully saturated rings. The van der Waals surface area contributed by atoms with E-state index in [2.05, 4.69) is 17.0 Å². The molecule has 0 radical (unpaired) electrons. The SMILES string of the molecule is CCCn1cc(Oc2nccc(C#N)c2N)cn1. The zero-order chi connectivity index (χ0) is 13.0. The molecule has 0 unspecified atom stereocenters. The van der Waals surface area contributed by atoms with Crippen LogP contribution in [-0.2, 0) is 6.54 Å². The number of hydrogen-bond acceptors (Lipinski definition) is 5. The van der Waals surface area contributed by atoms with Gasteiger partial charge in [-0.1, -0.05) is 6.92 Å². The molecule has 2 aromatic rings. The Morgan fingerprint density at radius 2 is 2.39 bits per heavy atom. The molecular weight excluding hydrogens is 230 g/mol. The summed E-state index contributed by atoms with van der Waals surface area (Å²) >= 11 is 0. The maximum absolute atomic E-state index is 8.85. The van der Waals surface area contributed by atoms with Gasteiger partial charge in [0.05, 0.1) is 18.0 Å². The number of pyridine rings is 1. The highest BCUT2D eigenvalue weighted by Crippen LogP contribution is 2.26. The predicted octanol–water partition coefficient (Wildman–Crippen LogP) is 1.93. The molecule has 0 spiro atoms. The van der Waals surface area contributed by atoms with Crippen LogP contribution >= 0.6 is 0 Å². The molecule has 2 N–H and O–H groups in total. The minimum absolute atomic E-state index is 0.227. The normalized spacial score (nSPS) is 10.0. The lowest BCUT2D eigenvalue weighted by molar-refractivity contribution is 0.463. The van der Waals surface area contributed by atoms with Gasteiger partial charge in [0.25, 0.3) is 0 Å². The third-order valence-electron chi connectivity index (χ3n) is 2.35. The topological polar surface area (TPSA) is 89.8 Å². The van der Waals surface area contributed by atoms with Crippen LogP contribution in [-0.4, -0.2) is 14.8 Å². The van der Waals surface area contributed by atoms with Crippen molar-refractivity contribution in [3.63, 3.8) is 0 Å². The van der Waals surface area contributed by atoms with Crippen molar-refractivity contribution in [2.45, 2.75) is 19.9 Å².